The predicted octanol–water partition coefficient (Wildman–Crippen LogP) is 1.42. The summed E-state index contributed by atoms with van der Waals surface area (Å²) in [6, 6.07) is 8.26. The van der Waals surface area contributed by atoms with E-state index in [0.717, 1.165) is 7.11 Å². The monoisotopic (exact) mass is 168 g/mol. The van der Waals surface area contributed by atoms with Gasteiger partial charge in [-0.1, -0.05) is 42.5 Å². The van der Waals surface area contributed by atoms with Gasteiger partial charge in [-0.15, -0.1) is 0 Å². The van der Waals surface area contributed by atoms with Gasteiger partial charge in [-0.3, -0.25) is 0 Å². The van der Waals surface area contributed by atoms with Gasteiger partial charge in [0.2, 0.25) is 0 Å². The summed E-state index contributed by atoms with van der Waals surface area (Å²) in [7, 11) is 1.00. The molecule has 2 nitrogen and oxygen atoms in total. The minimum atomic E-state index is 0. The third-order valence-electron chi connectivity index (χ3n) is 1.28. The number of aliphatic hydroxyl groups is 1. The maximum absolute atomic E-state index is 7.00. The lowest BCUT2D eigenvalue weighted by molar-refractivity contribution is 0.399. The summed E-state index contributed by atoms with van der Waals surface area (Å²) >= 11 is 0. The second-order valence-electron chi connectivity index (χ2n) is 2.12. The zero-order chi connectivity index (χ0) is 8.69. The number of benzene rings is 1. The average Bonchev–Trinajstić information content (AvgIpc) is 2.08. The summed E-state index contributed by atoms with van der Waals surface area (Å²) < 4.78 is 0. The number of rotatable bonds is 1. The molecule has 1 rings (SSSR count). The smallest absolute Gasteiger partial charge is 0.0319 e. The molecule has 2 heteroatoms. The van der Waals surface area contributed by atoms with E-state index < -0.39 is 0 Å². The van der Waals surface area contributed by atoms with Crippen LogP contribution in [0.2, 0.25) is 0 Å². The van der Waals surface area contributed by atoms with Gasteiger partial charge in [0.1, 0.15) is 0 Å². The van der Waals surface area contributed by atoms with Crippen molar-refractivity contribution in [1.82, 2.24) is 0 Å². The fraction of sp³-hybridized carbons (Fsp3) is 0.200. The van der Waals surface area contributed by atoms with E-state index in [4.69, 9.17) is 5.11 Å². The van der Waals surface area contributed by atoms with Gasteiger partial charge in [0.15, 0.2) is 0 Å². The van der Waals surface area contributed by atoms with Gasteiger partial charge in [-0.2, -0.15) is 0 Å². The highest BCUT2D eigenvalue weighted by atomic mass is 16.2. The van der Waals surface area contributed by atoms with Gasteiger partial charge < -0.3 is 10.6 Å². The van der Waals surface area contributed by atoms with Crippen molar-refractivity contribution in [3.8, 4) is 0 Å². The molecule has 0 aromatic heterocycles. The van der Waals surface area contributed by atoms with Crippen molar-refractivity contribution in [1.29, 1.82) is 0 Å². The van der Waals surface area contributed by atoms with Crippen LogP contribution in [0.25, 0.3) is 6.08 Å². The highest BCUT2D eigenvalue weighted by Crippen LogP contribution is 2.03. The summed E-state index contributed by atoms with van der Waals surface area (Å²) in [5, 5.41) is 7.00. The summed E-state index contributed by atoms with van der Waals surface area (Å²) in [5.74, 6) is 0. The number of aliphatic hydroxyl groups excluding tert-OH is 1. The Labute approximate surface area is 73.5 Å². The van der Waals surface area contributed by atoms with Gasteiger partial charge in [-0.05, 0) is 12.5 Å². The normalized spacial score (nSPS) is 7.25. The van der Waals surface area contributed by atoms with Crippen molar-refractivity contribution in [2.75, 3.05) is 7.11 Å². The molecule has 3 N–H and O–H groups in total. The van der Waals surface area contributed by atoms with Crippen LogP contribution in [-0.4, -0.2) is 17.7 Å². The lowest BCUT2D eigenvalue weighted by Gasteiger charge is -1.92. The van der Waals surface area contributed by atoms with Crippen LogP contribution in [0.1, 0.15) is 11.1 Å². The van der Waals surface area contributed by atoms with Gasteiger partial charge >= 0.3 is 0 Å². The quantitative estimate of drug-likeness (QED) is 0.677. The zero-order valence-corrected chi connectivity index (χ0v) is 7.54. The number of hydrogen-bond acceptors (Lipinski definition) is 1. The maximum atomic E-state index is 7.00. The second-order valence-corrected chi connectivity index (χ2v) is 2.12. The molecule has 0 heterocycles. The van der Waals surface area contributed by atoms with E-state index in [1.54, 1.807) is 0 Å². The Morgan fingerprint density at radius 1 is 1.33 bits per heavy atom. The largest absolute Gasteiger partial charge is 0.412 e. The van der Waals surface area contributed by atoms with Crippen LogP contribution in [0.5, 0.6) is 0 Å². The van der Waals surface area contributed by atoms with Gasteiger partial charge in [0.25, 0.3) is 0 Å². The molecule has 0 aliphatic rings. The summed E-state index contributed by atoms with van der Waals surface area (Å²) in [4.78, 5) is 0. The first-order chi connectivity index (χ1) is 5.33. The maximum Gasteiger partial charge on any atom is 0.0319 e. The van der Waals surface area contributed by atoms with Crippen LogP contribution in [-0.2, 0) is 0 Å². The summed E-state index contributed by atoms with van der Waals surface area (Å²) in [6.07, 6.45) is 1.85. The lowest BCUT2D eigenvalue weighted by atomic mass is 10.1. The van der Waals surface area contributed by atoms with Gasteiger partial charge in [-0.25, -0.2) is 0 Å². The van der Waals surface area contributed by atoms with Crippen LogP contribution in [0.4, 0.5) is 0 Å². The van der Waals surface area contributed by atoms with Crippen molar-refractivity contribution >= 4 is 6.08 Å². The third kappa shape index (κ3) is 4.66. The number of aryl methyl sites for hydroxylation is 1. The van der Waals surface area contributed by atoms with E-state index in [9.17, 15) is 0 Å². The van der Waals surface area contributed by atoms with Crippen LogP contribution in [0, 0.1) is 6.92 Å². The molecule has 1 aromatic carbocycles. The Hall–Kier alpha value is -1.12. The first-order valence-corrected chi connectivity index (χ1v) is 3.47. The lowest BCUT2D eigenvalue weighted by Crippen LogP contribution is -1.72. The number of hydrogen-bond donors (Lipinski definition) is 1. The molecule has 68 valence electrons. The Morgan fingerprint density at radius 2 is 1.92 bits per heavy atom. The molecule has 0 aliphatic heterocycles. The Balaban J connectivity index is 0. The van der Waals surface area contributed by atoms with E-state index in [0.29, 0.717) is 0 Å². The van der Waals surface area contributed by atoms with E-state index in [1.165, 1.54) is 11.1 Å². The first-order valence-electron chi connectivity index (χ1n) is 3.47. The van der Waals surface area contributed by atoms with E-state index in [2.05, 4.69) is 25.6 Å². The van der Waals surface area contributed by atoms with Crippen LogP contribution < -0.4 is 0 Å². The van der Waals surface area contributed by atoms with Crippen LogP contribution >= 0.6 is 0 Å². The molecule has 0 radical (unpaired) electrons. The van der Waals surface area contributed by atoms with Crippen molar-refractivity contribution in [3.05, 3.63) is 42.0 Å². The minimum absolute atomic E-state index is 0. The molecular weight excluding hydrogens is 152 g/mol. The molecule has 0 aliphatic carbocycles. The van der Waals surface area contributed by atoms with E-state index >= 15 is 0 Å². The summed E-state index contributed by atoms with van der Waals surface area (Å²) in [5.41, 5.74) is 2.47. The molecule has 0 fully saturated rings. The molecule has 0 spiro atoms. The van der Waals surface area contributed by atoms with Gasteiger partial charge in [0.05, 0.1) is 0 Å². The molecule has 0 bridgehead atoms. The first kappa shape index (κ1) is 13.5. The topological polar surface area (TPSA) is 51.7 Å². The third-order valence-corrected chi connectivity index (χ3v) is 1.28. The molecule has 0 unspecified atom stereocenters. The second kappa shape index (κ2) is 7.98. The van der Waals surface area contributed by atoms with Gasteiger partial charge in [0, 0.05) is 7.11 Å². The van der Waals surface area contributed by atoms with Crippen LogP contribution in [0.3, 0.4) is 0 Å². The van der Waals surface area contributed by atoms with Crippen molar-refractivity contribution in [2.45, 2.75) is 6.92 Å². The fourth-order valence-corrected chi connectivity index (χ4v) is 0.797. The van der Waals surface area contributed by atoms with E-state index in [-0.39, 0.29) is 5.48 Å². The fourth-order valence-electron chi connectivity index (χ4n) is 0.797. The highest BCUT2D eigenvalue weighted by Gasteiger charge is 1.83. The van der Waals surface area contributed by atoms with Crippen molar-refractivity contribution < 1.29 is 10.6 Å². The molecule has 0 amide bonds. The van der Waals surface area contributed by atoms with Crippen molar-refractivity contribution in [2.24, 2.45) is 0 Å². The molecular formula is C10H16O2. The zero-order valence-electron chi connectivity index (χ0n) is 7.54. The van der Waals surface area contributed by atoms with Crippen LogP contribution in [0.15, 0.2) is 30.8 Å². The Bertz CT molecular complexity index is 219. The standard InChI is InChI=1S/C9H10.CH4O.H2O/c1-3-9-6-4-5-8(2)7-9;1-2;/h3-7H,1H2,2H3;2H,1H3;1H2. The molecule has 0 saturated carbocycles. The Morgan fingerprint density at radius 3 is 2.25 bits per heavy atom. The van der Waals surface area contributed by atoms with E-state index in [1.807, 2.05) is 18.2 Å². The summed E-state index contributed by atoms with van der Waals surface area (Å²) in [6.45, 7) is 5.75. The molecule has 0 atom stereocenters. The molecule has 1 aromatic rings. The molecule has 12 heavy (non-hydrogen) atoms. The SMILES string of the molecule is C=Cc1cccc(C)c1.CO.O. The minimum Gasteiger partial charge on any atom is -0.412 e. The Kier molecular flexibility index (Phi) is 8.96. The molecule has 0 saturated heterocycles. The average molecular weight is 168 g/mol. The predicted molar refractivity (Wildman–Crippen MR) is 53.0 cm³/mol. The van der Waals surface area contributed by atoms with Crippen molar-refractivity contribution in [3.63, 3.8) is 0 Å². The highest BCUT2D eigenvalue weighted by molar-refractivity contribution is 5.47.